The molecule has 8 heteroatoms. The topological polar surface area (TPSA) is 96.0 Å². The van der Waals surface area contributed by atoms with Crippen molar-refractivity contribution in [2.45, 2.75) is 39.5 Å². The third-order valence-corrected chi connectivity index (χ3v) is 6.49. The first-order chi connectivity index (χ1) is 17.2. The van der Waals surface area contributed by atoms with E-state index in [4.69, 9.17) is 4.74 Å². The van der Waals surface area contributed by atoms with Gasteiger partial charge in [0, 0.05) is 5.69 Å². The minimum atomic E-state index is -1.03. The van der Waals surface area contributed by atoms with Crippen molar-refractivity contribution in [3.05, 3.63) is 89.0 Å². The Kier molecular flexibility index (Phi) is 5.80. The van der Waals surface area contributed by atoms with Gasteiger partial charge < -0.3 is 15.0 Å². The Morgan fingerprint density at radius 2 is 1.61 bits per heavy atom. The zero-order valence-electron chi connectivity index (χ0n) is 20.1. The zero-order valence-corrected chi connectivity index (χ0v) is 20.1. The number of hydrogen-bond acceptors (Lipinski definition) is 5. The number of anilines is 2. The van der Waals surface area contributed by atoms with Crippen molar-refractivity contribution in [3.8, 4) is 5.75 Å². The van der Waals surface area contributed by atoms with Gasteiger partial charge in [-0.2, -0.15) is 0 Å². The molecule has 2 heterocycles. The Hall–Kier alpha value is -4.46. The second kappa shape index (κ2) is 8.96. The Morgan fingerprint density at radius 1 is 0.972 bits per heavy atom. The number of fused-ring (bicyclic) bond motifs is 2. The largest absolute Gasteiger partial charge is 0.479 e. The molecule has 0 fully saturated rings. The summed E-state index contributed by atoms with van der Waals surface area (Å²) < 4.78 is 5.78. The first kappa shape index (κ1) is 23.3. The van der Waals surface area contributed by atoms with Crippen LogP contribution in [0, 0.1) is 6.92 Å². The molecule has 3 aromatic rings. The van der Waals surface area contributed by atoms with Crippen molar-refractivity contribution >= 4 is 35.0 Å². The van der Waals surface area contributed by atoms with Crippen LogP contribution in [0.4, 0.5) is 11.4 Å². The summed E-state index contributed by atoms with van der Waals surface area (Å²) in [7, 11) is 0. The van der Waals surface area contributed by atoms with Crippen LogP contribution < -0.4 is 15.0 Å². The van der Waals surface area contributed by atoms with E-state index in [1.807, 2.05) is 31.2 Å². The Balaban J connectivity index is 1.38. The van der Waals surface area contributed by atoms with Crippen molar-refractivity contribution in [3.63, 3.8) is 0 Å². The van der Waals surface area contributed by atoms with E-state index in [9.17, 15) is 19.2 Å². The highest BCUT2D eigenvalue weighted by molar-refractivity contribution is 6.23. The van der Waals surface area contributed by atoms with Crippen LogP contribution in [0.15, 0.2) is 66.7 Å². The van der Waals surface area contributed by atoms with Gasteiger partial charge in [-0.05, 0) is 56.7 Å². The molecule has 0 aliphatic carbocycles. The number of nitrogens with zero attached hydrogens (tertiary/aromatic N) is 2. The highest BCUT2D eigenvalue weighted by Gasteiger charge is 2.40. The Bertz CT molecular complexity index is 1360. The van der Waals surface area contributed by atoms with Gasteiger partial charge in [-0.3, -0.25) is 24.1 Å². The Morgan fingerprint density at radius 3 is 2.25 bits per heavy atom. The van der Waals surface area contributed by atoms with Crippen LogP contribution in [-0.2, 0) is 16.1 Å². The van der Waals surface area contributed by atoms with Crippen molar-refractivity contribution in [2.75, 3.05) is 10.2 Å². The molecule has 2 atom stereocenters. The van der Waals surface area contributed by atoms with Crippen LogP contribution in [-0.4, -0.2) is 40.7 Å². The molecule has 0 radical (unpaired) electrons. The molecule has 36 heavy (non-hydrogen) atoms. The number of carbonyl (C=O) groups excluding carboxylic acids is 4. The van der Waals surface area contributed by atoms with Gasteiger partial charge >= 0.3 is 0 Å². The van der Waals surface area contributed by atoms with Crippen LogP contribution in [0.2, 0.25) is 0 Å². The molecule has 2 aliphatic heterocycles. The highest BCUT2D eigenvalue weighted by Crippen LogP contribution is 2.37. The molecule has 182 valence electrons. The number of ether oxygens (including phenoxy) is 1. The smallest absolute Gasteiger partial charge is 0.268 e. The lowest BCUT2D eigenvalue weighted by atomic mass is 10.1. The van der Waals surface area contributed by atoms with E-state index in [2.05, 4.69) is 5.32 Å². The molecule has 1 N–H and O–H groups in total. The van der Waals surface area contributed by atoms with Crippen LogP contribution in [0.3, 0.4) is 0 Å². The van der Waals surface area contributed by atoms with Gasteiger partial charge in [0.2, 0.25) is 5.91 Å². The van der Waals surface area contributed by atoms with Gasteiger partial charge in [-0.25, -0.2) is 0 Å². The molecule has 8 nitrogen and oxygen atoms in total. The fourth-order valence-electron chi connectivity index (χ4n) is 4.45. The van der Waals surface area contributed by atoms with E-state index >= 15 is 0 Å². The van der Waals surface area contributed by atoms with Gasteiger partial charge in [-0.1, -0.05) is 42.0 Å². The van der Waals surface area contributed by atoms with Crippen LogP contribution >= 0.6 is 0 Å². The summed E-state index contributed by atoms with van der Waals surface area (Å²) >= 11 is 0. The first-order valence-electron chi connectivity index (χ1n) is 11.7. The van der Waals surface area contributed by atoms with Crippen molar-refractivity contribution in [1.29, 1.82) is 0 Å². The molecule has 0 saturated carbocycles. The number of rotatable bonds is 5. The SMILES string of the molecule is Cc1ccc(CN2C(=O)C(C)Oc3ccc(NC(=O)C(C)N4C(=O)c5ccccc5C4=O)cc32)cc1. The third-order valence-electron chi connectivity index (χ3n) is 6.49. The van der Waals surface area contributed by atoms with Crippen LogP contribution in [0.1, 0.15) is 45.7 Å². The van der Waals surface area contributed by atoms with E-state index < -0.39 is 29.9 Å². The maximum Gasteiger partial charge on any atom is 0.268 e. The van der Waals surface area contributed by atoms with Crippen LogP contribution in [0.5, 0.6) is 5.75 Å². The molecule has 3 aromatic carbocycles. The monoisotopic (exact) mass is 483 g/mol. The quantitative estimate of drug-likeness (QED) is 0.555. The average molecular weight is 484 g/mol. The van der Waals surface area contributed by atoms with Crippen molar-refractivity contribution in [1.82, 2.24) is 4.90 Å². The molecule has 0 spiro atoms. The molecular weight excluding hydrogens is 458 g/mol. The lowest BCUT2D eigenvalue weighted by molar-refractivity contribution is -0.125. The number of benzene rings is 3. The molecule has 2 unspecified atom stereocenters. The minimum Gasteiger partial charge on any atom is -0.479 e. The number of carbonyl (C=O) groups is 4. The Labute approximate surface area is 208 Å². The van der Waals surface area contributed by atoms with Gasteiger partial charge in [0.05, 0.1) is 23.4 Å². The number of aryl methyl sites for hydroxylation is 1. The van der Waals surface area contributed by atoms with Crippen molar-refractivity contribution in [2.24, 2.45) is 0 Å². The standard InChI is InChI=1S/C28H25N3O5/c1-16-8-10-19(11-9-16)15-30-23-14-20(12-13-24(23)36-18(3)26(30)33)29-25(32)17(2)31-27(34)21-6-4-5-7-22(21)28(31)35/h4-14,17-18H,15H2,1-3H3,(H,29,32). The summed E-state index contributed by atoms with van der Waals surface area (Å²) in [6, 6.07) is 18.4. The van der Waals surface area contributed by atoms with E-state index in [1.165, 1.54) is 6.92 Å². The van der Waals surface area contributed by atoms with Crippen molar-refractivity contribution < 1.29 is 23.9 Å². The lowest BCUT2D eigenvalue weighted by Gasteiger charge is -2.33. The number of hydrogen-bond donors (Lipinski definition) is 1. The second-order valence-electron chi connectivity index (χ2n) is 9.04. The summed E-state index contributed by atoms with van der Waals surface area (Å²) in [5.74, 6) is -1.18. The van der Waals surface area contributed by atoms with Gasteiger partial charge in [0.1, 0.15) is 11.8 Å². The molecule has 4 amide bonds. The normalized spacial score (nSPS) is 17.4. The van der Waals surface area contributed by atoms with Gasteiger partial charge in [0.25, 0.3) is 17.7 Å². The van der Waals surface area contributed by atoms with E-state index in [0.717, 1.165) is 16.0 Å². The zero-order chi connectivity index (χ0) is 25.6. The molecule has 0 bridgehead atoms. The molecule has 2 aliphatic rings. The maximum absolute atomic E-state index is 13.1. The minimum absolute atomic E-state index is 0.189. The predicted molar refractivity (Wildman–Crippen MR) is 134 cm³/mol. The van der Waals surface area contributed by atoms with E-state index in [1.54, 1.807) is 54.3 Å². The molecule has 0 aromatic heterocycles. The van der Waals surface area contributed by atoms with E-state index in [-0.39, 0.29) is 17.0 Å². The highest BCUT2D eigenvalue weighted by atomic mass is 16.5. The summed E-state index contributed by atoms with van der Waals surface area (Å²) in [4.78, 5) is 54.2. The summed E-state index contributed by atoms with van der Waals surface area (Å²) in [5.41, 5.74) is 3.60. The van der Waals surface area contributed by atoms with Gasteiger partial charge in [-0.15, -0.1) is 0 Å². The maximum atomic E-state index is 13.1. The number of nitrogens with one attached hydrogen (secondary N) is 1. The fourth-order valence-corrected chi connectivity index (χ4v) is 4.45. The fraction of sp³-hybridized carbons (Fsp3) is 0.214. The number of amides is 4. The first-order valence-corrected chi connectivity index (χ1v) is 11.7. The third kappa shape index (κ3) is 4.00. The second-order valence-corrected chi connectivity index (χ2v) is 9.04. The number of imide groups is 1. The molecule has 5 rings (SSSR count). The predicted octanol–water partition coefficient (Wildman–Crippen LogP) is 3.93. The van der Waals surface area contributed by atoms with E-state index in [0.29, 0.717) is 23.7 Å². The summed E-state index contributed by atoms with van der Waals surface area (Å²) in [5, 5.41) is 2.78. The average Bonchev–Trinajstić information content (AvgIpc) is 3.13. The van der Waals surface area contributed by atoms with Gasteiger partial charge in [0.15, 0.2) is 6.10 Å². The lowest BCUT2D eigenvalue weighted by Crippen LogP contribution is -2.45. The molecule has 0 saturated heterocycles. The molecular formula is C28H25N3O5. The summed E-state index contributed by atoms with van der Waals surface area (Å²) in [6.45, 7) is 5.56. The van der Waals surface area contributed by atoms with Crippen LogP contribution in [0.25, 0.3) is 0 Å². The summed E-state index contributed by atoms with van der Waals surface area (Å²) in [6.07, 6.45) is -0.641.